The standard InChI is InChI=1S/C34H21ClFN3O4S/c1-17-13-18(2)28-26(14-17)44-33(37-28)39-31(41)30-27(29(40)21-15-20(35)11-12-25(21)43-30)34(39)22-8-4-6-10-24(22)38(32(34)42)16-19-7-3-5-9-23(19)36/h3-15H,16H2,1-2H3. The molecule has 0 N–H and O–H groups in total. The molecule has 0 saturated heterocycles. The number of thiazole rings is 1. The zero-order valence-corrected chi connectivity index (χ0v) is 24.9. The summed E-state index contributed by atoms with van der Waals surface area (Å²) in [5.74, 6) is -1.98. The molecule has 2 aliphatic heterocycles. The van der Waals surface area contributed by atoms with Crippen molar-refractivity contribution in [2.75, 3.05) is 9.80 Å². The Morgan fingerprint density at radius 2 is 1.75 bits per heavy atom. The number of carbonyl (C=O) groups excluding carboxylic acids is 2. The molecule has 2 aliphatic rings. The van der Waals surface area contributed by atoms with E-state index >= 15 is 4.79 Å². The van der Waals surface area contributed by atoms with Crippen LogP contribution in [-0.4, -0.2) is 16.8 Å². The zero-order chi connectivity index (χ0) is 30.5. The van der Waals surface area contributed by atoms with Gasteiger partial charge >= 0.3 is 0 Å². The molecule has 0 bridgehead atoms. The highest BCUT2D eigenvalue weighted by Gasteiger charge is 2.66. The van der Waals surface area contributed by atoms with Crippen LogP contribution < -0.4 is 15.2 Å². The first-order chi connectivity index (χ1) is 21.2. The van der Waals surface area contributed by atoms with Gasteiger partial charge in [0.05, 0.1) is 33.4 Å². The Morgan fingerprint density at radius 3 is 2.57 bits per heavy atom. The van der Waals surface area contributed by atoms with Gasteiger partial charge in [-0.2, -0.15) is 0 Å². The molecule has 10 heteroatoms. The maximum absolute atomic E-state index is 15.1. The van der Waals surface area contributed by atoms with Gasteiger partial charge in [0, 0.05) is 16.1 Å². The van der Waals surface area contributed by atoms with Gasteiger partial charge in [-0.1, -0.05) is 65.4 Å². The molecule has 0 saturated carbocycles. The molecule has 44 heavy (non-hydrogen) atoms. The lowest BCUT2D eigenvalue weighted by molar-refractivity contribution is -0.121. The van der Waals surface area contributed by atoms with Crippen LogP contribution in [0.3, 0.4) is 0 Å². The number of hydrogen-bond acceptors (Lipinski definition) is 6. The highest BCUT2D eigenvalue weighted by molar-refractivity contribution is 7.22. The summed E-state index contributed by atoms with van der Waals surface area (Å²) < 4.78 is 21.9. The molecule has 4 aromatic carbocycles. The molecule has 8 rings (SSSR count). The summed E-state index contributed by atoms with van der Waals surface area (Å²) in [5, 5.41) is 0.678. The summed E-state index contributed by atoms with van der Waals surface area (Å²) in [7, 11) is 0. The van der Waals surface area contributed by atoms with Crippen molar-refractivity contribution in [2.24, 2.45) is 0 Å². The molecule has 1 atom stereocenters. The van der Waals surface area contributed by atoms with Gasteiger partial charge in [-0.15, -0.1) is 0 Å². The summed E-state index contributed by atoms with van der Waals surface area (Å²) in [4.78, 5) is 51.6. The van der Waals surface area contributed by atoms with Crippen LogP contribution in [0.25, 0.3) is 21.2 Å². The minimum Gasteiger partial charge on any atom is -0.450 e. The van der Waals surface area contributed by atoms with Gasteiger partial charge in [0.1, 0.15) is 11.4 Å². The van der Waals surface area contributed by atoms with Crippen molar-refractivity contribution in [2.45, 2.75) is 25.9 Å². The second kappa shape index (κ2) is 9.32. The Morgan fingerprint density at radius 1 is 0.977 bits per heavy atom. The maximum Gasteiger partial charge on any atom is 0.297 e. The summed E-state index contributed by atoms with van der Waals surface area (Å²) in [5.41, 5.74) is 1.30. The third kappa shape index (κ3) is 3.48. The van der Waals surface area contributed by atoms with E-state index in [1.807, 2.05) is 26.0 Å². The first kappa shape index (κ1) is 26.7. The van der Waals surface area contributed by atoms with E-state index in [1.54, 1.807) is 48.5 Å². The average molecular weight is 622 g/mol. The number of benzene rings is 4. The topological polar surface area (TPSA) is 83.7 Å². The van der Waals surface area contributed by atoms with Gasteiger partial charge < -0.3 is 9.32 Å². The minimum atomic E-state index is -1.96. The smallest absolute Gasteiger partial charge is 0.297 e. The second-order valence-electron chi connectivity index (χ2n) is 11.1. The quantitative estimate of drug-likeness (QED) is 0.208. The van der Waals surface area contributed by atoms with Crippen LogP contribution in [0.5, 0.6) is 0 Å². The number of hydrogen-bond donors (Lipinski definition) is 0. The molecule has 2 aromatic heterocycles. The van der Waals surface area contributed by atoms with E-state index in [1.165, 1.54) is 39.3 Å². The fraction of sp³-hybridized carbons (Fsp3) is 0.118. The van der Waals surface area contributed by atoms with Crippen molar-refractivity contribution in [3.8, 4) is 0 Å². The van der Waals surface area contributed by atoms with Crippen LogP contribution in [0.1, 0.15) is 38.4 Å². The van der Waals surface area contributed by atoms with Crippen LogP contribution in [0, 0.1) is 19.7 Å². The monoisotopic (exact) mass is 621 g/mol. The fourth-order valence-corrected chi connectivity index (χ4v) is 7.91. The van der Waals surface area contributed by atoms with Crippen molar-refractivity contribution in [1.29, 1.82) is 0 Å². The van der Waals surface area contributed by atoms with Crippen molar-refractivity contribution in [3.63, 3.8) is 0 Å². The lowest BCUT2D eigenvalue weighted by Crippen LogP contribution is -2.53. The predicted octanol–water partition coefficient (Wildman–Crippen LogP) is 7.26. The molecule has 2 amide bonds. The Balaban J connectivity index is 1.47. The number of aromatic nitrogens is 1. The van der Waals surface area contributed by atoms with Crippen molar-refractivity contribution >= 4 is 66.8 Å². The lowest BCUT2D eigenvalue weighted by atomic mass is 9.84. The summed E-state index contributed by atoms with van der Waals surface area (Å²) >= 11 is 7.53. The van der Waals surface area contributed by atoms with Gasteiger partial charge in [-0.05, 0) is 61.4 Å². The fourth-order valence-electron chi connectivity index (χ4n) is 6.54. The molecule has 1 unspecified atom stereocenters. The van der Waals surface area contributed by atoms with Crippen LogP contribution >= 0.6 is 22.9 Å². The number of halogens is 2. The summed E-state index contributed by atoms with van der Waals surface area (Å²) in [6.07, 6.45) is 0. The molecular formula is C34H21ClFN3O4S. The Hall–Kier alpha value is -4.86. The summed E-state index contributed by atoms with van der Waals surface area (Å²) in [6, 6.07) is 21.7. The van der Waals surface area contributed by atoms with E-state index in [4.69, 9.17) is 21.0 Å². The molecule has 0 aliphatic carbocycles. The van der Waals surface area contributed by atoms with E-state index < -0.39 is 28.6 Å². The Bertz CT molecular complexity index is 2310. The molecule has 7 nitrogen and oxygen atoms in total. The van der Waals surface area contributed by atoms with E-state index in [9.17, 15) is 14.0 Å². The van der Waals surface area contributed by atoms with Gasteiger partial charge in [-0.3, -0.25) is 19.3 Å². The van der Waals surface area contributed by atoms with Crippen molar-refractivity contribution < 1.29 is 18.4 Å². The average Bonchev–Trinajstić information content (AvgIpc) is 3.61. The number of carbonyl (C=O) groups is 2. The van der Waals surface area contributed by atoms with Crippen LogP contribution in [0.15, 0.2) is 88.1 Å². The van der Waals surface area contributed by atoms with Crippen LogP contribution in [0.4, 0.5) is 15.2 Å². The molecule has 0 fully saturated rings. The highest BCUT2D eigenvalue weighted by Crippen LogP contribution is 2.55. The van der Waals surface area contributed by atoms with E-state index in [-0.39, 0.29) is 39.5 Å². The van der Waals surface area contributed by atoms with Crippen molar-refractivity contribution in [3.05, 3.63) is 134 Å². The van der Waals surface area contributed by atoms with E-state index in [0.717, 1.165) is 15.8 Å². The zero-order valence-electron chi connectivity index (χ0n) is 23.4. The number of nitrogens with zero attached hydrogens (tertiary/aromatic N) is 3. The lowest BCUT2D eigenvalue weighted by Gasteiger charge is -2.32. The normalized spacial score (nSPS) is 17.4. The number of aryl methyl sites for hydroxylation is 2. The number of amides is 2. The summed E-state index contributed by atoms with van der Waals surface area (Å²) in [6.45, 7) is 3.79. The SMILES string of the molecule is Cc1cc(C)c2nc(N3C(=O)c4oc5ccc(Cl)cc5c(=O)c4C34C(=O)N(Cc3ccccc3F)c3ccccc34)sc2c1. The Kier molecular flexibility index (Phi) is 5.66. The van der Waals surface area contributed by atoms with Crippen molar-refractivity contribution in [1.82, 2.24) is 4.98 Å². The third-order valence-electron chi connectivity index (χ3n) is 8.38. The molecular weight excluding hydrogens is 601 g/mol. The third-order valence-corrected chi connectivity index (χ3v) is 9.60. The van der Waals surface area contributed by atoms with Crippen LogP contribution in [0.2, 0.25) is 5.02 Å². The molecule has 4 heterocycles. The van der Waals surface area contributed by atoms with E-state index in [0.29, 0.717) is 21.8 Å². The minimum absolute atomic E-state index is 0.113. The molecule has 6 aromatic rings. The van der Waals surface area contributed by atoms with Gasteiger partial charge in [-0.25, -0.2) is 9.37 Å². The number of anilines is 2. The van der Waals surface area contributed by atoms with Gasteiger partial charge in [0.25, 0.3) is 11.8 Å². The largest absolute Gasteiger partial charge is 0.450 e. The Labute approximate surface area is 258 Å². The first-order valence-corrected chi connectivity index (χ1v) is 15.0. The van der Waals surface area contributed by atoms with Gasteiger partial charge in [0.2, 0.25) is 5.76 Å². The number of fused-ring (bicyclic) bond motifs is 6. The number of rotatable bonds is 3. The molecule has 0 radical (unpaired) electrons. The van der Waals surface area contributed by atoms with E-state index in [2.05, 4.69) is 0 Å². The molecule has 216 valence electrons. The number of para-hydroxylation sites is 1. The first-order valence-electron chi connectivity index (χ1n) is 13.8. The predicted molar refractivity (Wildman–Crippen MR) is 168 cm³/mol. The second-order valence-corrected chi connectivity index (χ2v) is 12.5. The maximum atomic E-state index is 15.1. The highest BCUT2D eigenvalue weighted by atomic mass is 35.5. The van der Waals surface area contributed by atoms with Gasteiger partial charge in [0.15, 0.2) is 16.1 Å². The van der Waals surface area contributed by atoms with Crippen LogP contribution in [-0.2, 0) is 16.9 Å². The molecule has 1 spiro atoms.